The minimum atomic E-state index is 0.526. The molecule has 0 aliphatic heterocycles. The van der Waals surface area contributed by atoms with Crippen molar-refractivity contribution in [2.24, 2.45) is 0 Å². The fourth-order valence-electron chi connectivity index (χ4n) is 2.20. The van der Waals surface area contributed by atoms with Crippen LogP contribution in [-0.2, 0) is 13.1 Å². The molecule has 0 spiro atoms. The Morgan fingerprint density at radius 1 is 1.37 bits per heavy atom. The van der Waals surface area contributed by atoms with E-state index < -0.39 is 0 Å². The summed E-state index contributed by atoms with van der Waals surface area (Å²) in [7, 11) is 2.12. The summed E-state index contributed by atoms with van der Waals surface area (Å²) < 4.78 is 4.04. The van der Waals surface area contributed by atoms with Crippen LogP contribution < -0.4 is 5.73 Å². The number of rotatable bonds is 5. The van der Waals surface area contributed by atoms with E-state index in [1.165, 1.54) is 0 Å². The number of nitrogen functional groups attached to an aromatic ring is 1. The van der Waals surface area contributed by atoms with E-state index in [4.69, 9.17) is 5.73 Å². The predicted molar refractivity (Wildman–Crippen MR) is 78.1 cm³/mol. The number of aromatic nitrogens is 4. The molecule has 0 amide bonds. The molecule has 0 aliphatic carbocycles. The molecule has 0 bridgehead atoms. The smallest absolute Gasteiger partial charge is 0.202 e. The van der Waals surface area contributed by atoms with Crippen molar-refractivity contribution in [1.82, 2.24) is 24.2 Å². The number of anilines is 1. The summed E-state index contributed by atoms with van der Waals surface area (Å²) >= 11 is 0. The van der Waals surface area contributed by atoms with Gasteiger partial charge in [-0.2, -0.15) is 5.10 Å². The Kier molecular flexibility index (Phi) is 3.80. The number of imidazole rings is 1. The van der Waals surface area contributed by atoms with Crippen LogP contribution in [0.3, 0.4) is 0 Å². The highest BCUT2D eigenvalue weighted by molar-refractivity contribution is 5.77. The quantitative estimate of drug-likeness (QED) is 0.888. The topological polar surface area (TPSA) is 64.9 Å². The lowest BCUT2D eigenvalue weighted by Crippen LogP contribution is -2.30. The SMILES string of the molecule is CCn1nc(C)c2nc(N)n(CCN(C)C(C)C)c21. The number of likely N-dealkylation sites (N-methyl/N-ethyl adjacent to an activating group) is 1. The summed E-state index contributed by atoms with van der Waals surface area (Å²) in [5, 5.41) is 4.50. The third kappa shape index (κ3) is 2.45. The molecule has 19 heavy (non-hydrogen) atoms. The Bertz CT molecular complexity index is 565. The lowest BCUT2D eigenvalue weighted by atomic mass is 10.3. The van der Waals surface area contributed by atoms with Crippen LogP contribution in [0, 0.1) is 6.92 Å². The van der Waals surface area contributed by atoms with Gasteiger partial charge in [0.2, 0.25) is 5.95 Å². The molecule has 2 aromatic heterocycles. The zero-order valence-corrected chi connectivity index (χ0v) is 12.5. The number of fused-ring (bicyclic) bond motifs is 1. The number of hydrogen-bond acceptors (Lipinski definition) is 4. The predicted octanol–water partition coefficient (Wildman–Crippen LogP) is 1.48. The van der Waals surface area contributed by atoms with Crippen molar-refractivity contribution >= 4 is 17.1 Å². The Balaban J connectivity index is 2.34. The number of nitrogens with zero attached hydrogens (tertiary/aromatic N) is 5. The van der Waals surface area contributed by atoms with Gasteiger partial charge in [-0.3, -0.25) is 4.57 Å². The average Bonchev–Trinajstić information content (AvgIpc) is 2.84. The van der Waals surface area contributed by atoms with E-state index in [-0.39, 0.29) is 0 Å². The molecule has 0 unspecified atom stereocenters. The number of hydrogen-bond donors (Lipinski definition) is 1. The zero-order chi connectivity index (χ0) is 14.2. The van der Waals surface area contributed by atoms with Crippen LogP contribution in [0.4, 0.5) is 5.95 Å². The molecular formula is C13H24N6. The van der Waals surface area contributed by atoms with Crippen molar-refractivity contribution in [1.29, 1.82) is 0 Å². The monoisotopic (exact) mass is 264 g/mol. The first kappa shape index (κ1) is 13.9. The molecule has 2 heterocycles. The van der Waals surface area contributed by atoms with Crippen molar-refractivity contribution in [3.63, 3.8) is 0 Å². The number of nitrogens with two attached hydrogens (primary N) is 1. The fourth-order valence-corrected chi connectivity index (χ4v) is 2.20. The van der Waals surface area contributed by atoms with Crippen molar-refractivity contribution in [2.75, 3.05) is 19.3 Å². The molecule has 0 atom stereocenters. The van der Waals surface area contributed by atoms with Gasteiger partial charge in [0.15, 0.2) is 5.65 Å². The van der Waals surface area contributed by atoms with Gasteiger partial charge in [0.05, 0.1) is 5.69 Å². The molecule has 0 aromatic carbocycles. The Hall–Kier alpha value is -1.56. The third-order valence-electron chi connectivity index (χ3n) is 3.69. The largest absolute Gasteiger partial charge is 0.369 e. The second kappa shape index (κ2) is 5.21. The van der Waals surface area contributed by atoms with E-state index in [1.807, 2.05) is 11.6 Å². The number of aryl methyl sites for hydroxylation is 2. The molecule has 0 saturated heterocycles. The molecular weight excluding hydrogens is 240 g/mol. The van der Waals surface area contributed by atoms with Gasteiger partial charge in [0.1, 0.15) is 5.52 Å². The van der Waals surface area contributed by atoms with E-state index in [1.54, 1.807) is 0 Å². The van der Waals surface area contributed by atoms with Crippen LogP contribution in [0.2, 0.25) is 0 Å². The summed E-state index contributed by atoms with van der Waals surface area (Å²) in [5.74, 6) is 0.579. The second-order valence-corrected chi connectivity index (χ2v) is 5.27. The van der Waals surface area contributed by atoms with Gasteiger partial charge < -0.3 is 10.6 Å². The maximum atomic E-state index is 6.04. The summed E-state index contributed by atoms with van der Waals surface area (Å²) in [5.41, 5.74) is 8.95. The first-order chi connectivity index (χ1) is 8.95. The molecule has 6 nitrogen and oxygen atoms in total. The Morgan fingerprint density at radius 3 is 2.63 bits per heavy atom. The van der Waals surface area contributed by atoms with Crippen LogP contribution in [0.5, 0.6) is 0 Å². The van der Waals surface area contributed by atoms with Gasteiger partial charge >= 0.3 is 0 Å². The van der Waals surface area contributed by atoms with Gasteiger partial charge in [-0.1, -0.05) is 0 Å². The maximum Gasteiger partial charge on any atom is 0.202 e. The first-order valence-electron chi connectivity index (χ1n) is 6.85. The minimum Gasteiger partial charge on any atom is -0.369 e. The normalized spacial score (nSPS) is 12.2. The molecule has 2 aromatic rings. The fraction of sp³-hybridized carbons (Fsp3) is 0.692. The van der Waals surface area contributed by atoms with Crippen molar-refractivity contribution in [2.45, 2.75) is 46.8 Å². The minimum absolute atomic E-state index is 0.526. The summed E-state index contributed by atoms with van der Waals surface area (Å²) in [6, 6.07) is 0.526. The van der Waals surface area contributed by atoms with Gasteiger partial charge in [-0.25, -0.2) is 9.67 Å². The summed E-state index contributed by atoms with van der Waals surface area (Å²) in [6.07, 6.45) is 0. The molecule has 106 valence electrons. The van der Waals surface area contributed by atoms with Gasteiger partial charge in [-0.15, -0.1) is 0 Å². The average molecular weight is 264 g/mol. The summed E-state index contributed by atoms with van der Waals surface area (Å²) in [6.45, 7) is 11.0. The van der Waals surface area contributed by atoms with Crippen LogP contribution in [0.25, 0.3) is 11.2 Å². The van der Waals surface area contributed by atoms with Crippen molar-refractivity contribution in [3.8, 4) is 0 Å². The van der Waals surface area contributed by atoms with Crippen molar-refractivity contribution < 1.29 is 0 Å². The van der Waals surface area contributed by atoms with E-state index in [0.29, 0.717) is 12.0 Å². The Morgan fingerprint density at radius 2 is 2.05 bits per heavy atom. The van der Waals surface area contributed by atoms with Gasteiger partial charge in [0.25, 0.3) is 0 Å². The molecule has 0 fully saturated rings. The van der Waals surface area contributed by atoms with Crippen molar-refractivity contribution in [3.05, 3.63) is 5.69 Å². The van der Waals surface area contributed by atoms with Crippen LogP contribution in [0.1, 0.15) is 26.5 Å². The van der Waals surface area contributed by atoms with Crippen LogP contribution >= 0.6 is 0 Å². The molecule has 6 heteroatoms. The van der Waals surface area contributed by atoms with Crippen LogP contribution in [-0.4, -0.2) is 43.9 Å². The maximum absolute atomic E-state index is 6.04. The van der Waals surface area contributed by atoms with Gasteiger partial charge in [0, 0.05) is 25.7 Å². The highest BCUT2D eigenvalue weighted by Gasteiger charge is 2.17. The van der Waals surface area contributed by atoms with Gasteiger partial charge in [-0.05, 0) is 34.7 Å². The van der Waals surface area contributed by atoms with E-state index >= 15 is 0 Å². The summed E-state index contributed by atoms with van der Waals surface area (Å²) in [4.78, 5) is 6.74. The molecule has 2 N–H and O–H groups in total. The molecule has 0 aliphatic rings. The molecule has 2 rings (SSSR count). The standard InChI is InChI=1S/C13H24N6/c1-6-19-12-11(10(4)16-19)15-13(14)18(12)8-7-17(5)9(2)3/h9H,6-8H2,1-5H3,(H2,14,15). The lowest BCUT2D eigenvalue weighted by Gasteiger charge is -2.21. The lowest BCUT2D eigenvalue weighted by molar-refractivity contribution is 0.264. The Labute approximate surface area is 114 Å². The first-order valence-corrected chi connectivity index (χ1v) is 6.85. The highest BCUT2D eigenvalue weighted by Crippen LogP contribution is 2.21. The third-order valence-corrected chi connectivity index (χ3v) is 3.69. The highest BCUT2D eigenvalue weighted by atomic mass is 15.4. The van der Waals surface area contributed by atoms with Crippen LogP contribution in [0.15, 0.2) is 0 Å². The van der Waals surface area contributed by atoms with E-state index in [0.717, 1.165) is 36.5 Å². The second-order valence-electron chi connectivity index (χ2n) is 5.27. The molecule has 0 radical (unpaired) electrons. The zero-order valence-electron chi connectivity index (χ0n) is 12.5. The van der Waals surface area contributed by atoms with E-state index in [9.17, 15) is 0 Å². The molecule has 0 saturated carbocycles. The van der Waals surface area contributed by atoms with E-state index in [2.05, 4.69) is 47.4 Å².